The molecular formula is C27H25N3O4S. The van der Waals surface area contributed by atoms with Gasteiger partial charge < -0.3 is 19.8 Å². The van der Waals surface area contributed by atoms with Crippen LogP contribution >= 0.6 is 12.2 Å². The van der Waals surface area contributed by atoms with E-state index in [1.165, 1.54) is 4.57 Å². The molecule has 178 valence electrons. The molecule has 0 spiro atoms. The Kier molecular flexibility index (Phi) is 7.42. The van der Waals surface area contributed by atoms with E-state index >= 15 is 0 Å². The van der Waals surface area contributed by atoms with Gasteiger partial charge in [0.25, 0.3) is 11.5 Å². The fourth-order valence-electron chi connectivity index (χ4n) is 3.65. The number of methoxy groups -OCH3 is 1. The van der Waals surface area contributed by atoms with E-state index in [1.54, 1.807) is 31.4 Å². The Labute approximate surface area is 207 Å². The maximum atomic E-state index is 12.8. The summed E-state index contributed by atoms with van der Waals surface area (Å²) in [6.45, 7) is 4.68. The van der Waals surface area contributed by atoms with Gasteiger partial charge in [0.1, 0.15) is 6.61 Å². The first-order valence-electron chi connectivity index (χ1n) is 11.0. The Bertz CT molecular complexity index is 1490. The van der Waals surface area contributed by atoms with Crippen LogP contribution in [0.1, 0.15) is 21.5 Å². The van der Waals surface area contributed by atoms with Crippen LogP contribution in [0, 0.1) is 4.77 Å². The zero-order valence-electron chi connectivity index (χ0n) is 19.2. The van der Waals surface area contributed by atoms with Gasteiger partial charge in [0, 0.05) is 18.7 Å². The number of allylic oxidation sites excluding steroid dienone is 1. The van der Waals surface area contributed by atoms with Crippen LogP contribution in [-0.2, 0) is 19.7 Å². The van der Waals surface area contributed by atoms with Crippen LogP contribution in [0.5, 0.6) is 11.5 Å². The molecule has 0 radical (unpaired) electrons. The summed E-state index contributed by atoms with van der Waals surface area (Å²) in [6, 6.07) is 20.3. The summed E-state index contributed by atoms with van der Waals surface area (Å²) in [5.41, 5.74) is 2.61. The Balaban J connectivity index is 1.45. The van der Waals surface area contributed by atoms with Gasteiger partial charge >= 0.3 is 0 Å². The van der Waals surface area contributed by atoms with E-state index in [-0.39, 0.29) is 16.2 Å². The van der Waals surface area contributed by atoms with Gasteiger partial charge in [0.2, 0.25) is 0 Å². The fraction of sp³-hybridized carbons (Fsp3) is 0.148. The highest BCUT2D eigenvalue weighted by Gasteiger charge is 2.11. The first-order valence-corrected chi connectivity index (χ1v) is 11.4. The number of ether oxygens (including phenoxy) is 2. The molecule has 0 aliphatic rings. The number of benzene rings is 3. The van der Waals surface area contributed by atoms with Crippen LogP contribution < -0.4 is 20.3 Å². The molecule has 0 saturated carbocycles. The highest BCUT2D eigenvalue weighted by molar-refractivity contribution is 7.71. The Morgan fingerprint density at radius 1 is 1.09 bits per heavy atom. The lowest BCUT2D eigenvalue weighted by molar-refractivity contribution is 0.0951. The van der Waals surface area contributed by atoms with Crippen molar-refractivity contribution in [1.82, 2.24) is 14.9 Å². The molecular weight excluding hydrogens is 462 g/mol. The minimum Gasteiger partial charge on any atom is -0.493 e. The van der Waals surface area contributed by atoms with E-state index in [2.05, 4.69) is 16.9 Å². The summed E-state index contributed by atoms with van der Waals surface area (Å²) in [5.74, 6) is 0.935. The molecule has 0 aliphatic carbocycles. The van der Waals surface area contributed by atoms with E-state index < -0.39 is 0 Å². The first-order chi connectivity index (χ1) is 17.0. The third-order valence-corrected chi connectivity index (χ3v) is 5.80. The Morgan fingerprint density at radius 3 is 2.63 bits per heavy atom. The van der Waals surface area contributed by atoms with Crippen molar-refractivity contribution in [2.45, 2.75) is 19.7 Å². The molecule has 2 N–H and O–H groups in total. The number of amides is 1. The molecule has 4 aromatic rings. The fourth-order valence-corrected chi connectivity index (χ4v) is 3.92. The highest BCUT2D eigenvalue weighted by atomic mass is 32.1. The molecule has 0 aliphatic heterocycles. The summed E-state index contributed by atoms with van der Waals surface area (Å²) in [7, 11) is 1.58. The van der Waals surface area contributed by atoms with Gasteiger partial charge in [-0.3, -0.25) is 14.2 Å². The maximum Gasteiger partial charge on any atom is 0.262 e. The van der Waals surface area contributed by atoms with E-state index in [1.807, 2.05) is 48.5 Å². The van der Waals surface area contributed by atoms with Gasteiger partial charge in [-0.25, -0.2) is 0 Å². The number of aromatic amines is 1. The van der Waals surface area contributed by atoms with Crippen LogP contribution in [0.15, 0.2) is 84.2 Å². The number of hydrogen-bond acceptors (Lipinski definition) is 5. The Morgan fingerprint density at radius 2 is 1.89 bits per heavy atom. The third-order valence-electron chi connectivity index (χ3n) is 5.47. The largest absolute Gasteiger partial charge is 0.493 e. The highest BCUT2D eigenvalue weighted by Crippen LogP contribution is 2.29. The van der Waals surface area contributed by atoms with Crippen molar-refractivity contribution in [3.8, 4) is 11.5 Å². The molecule has 1 heterocycles. The van der Waals surface area contributed by atoms with Gasteiger partial charge in [-0.05, 0) is 53.7 Å². The summed E-state index contributed by atoms with van der Waals surface area (Å²) in [5, 5.41) is 3.35. The van der Waals surface area contributed by atoms with Crippen LogP contribution in [-0.4, -0.2) is 22.6 Å². The number of rotatable bonds is 9. The molecule has 0 atom stereocenters. The zero-order valence-corrected chi connectivity index (χ0v) is 20.1. The lowest BCUT2D eigenvalue weighted by Crippen LogP contribution is -2.24. The van der Waals surface area contributed by atoms with Crippen molar-refractivity contribution in [2.24, 2.45) is 0 Å². The standard InChI is InChI=1S/C27H25N3O4S/c1-3-13-30-26(32)21-11-10-20(15-22(21)29-27(30)35)25(31)28-16-19-9-12-23(24(14-19)33-2)34-17-18-7-5-4-6-8-18/h3-12,14-15H,1,13,16-17H2,2H3,(H,28,31)(H,29,35). The summed E-state index contributed by atoms with van der Waals surface area (Å²) >= 11 is 5.27. The molecule has 7 nitrogen and oxygen atoms in total. The minimum atomic E-state index is -0.273. The van der Waals surface area contributed by atoms with Crippen molar-refractivity contribution >= 4 is 29.0 Å². The number of carbonyl (C=O) groups is 1. The van der Waals surface area contributed by atoms with Crippen LogP contribution in [0.25, 0.3) is 10.9 Å². The van der Waals surface area contributed by atoms with Crippen molar-refractivity contribution in [3.05, 3.63) is 111 Å². The molecule has 0 unspecified atom stereocenters. The number of nitrogens with zero attached hydrogens (tertiary/aromatic N) is 1. The summed E-state index contributed by atoms with van der Waals surface area (Å²) in [6.07, 6.45) is 1.61. The molecule has 3 aromatic carbocycles. The predicted octanol–water partition coefficient (Wildman–Crippen LogP) is 4.76. The molecule has 1 aromatic heterocycles. The summed E-state index contributed by atoms with van der Waals surface area (Å²) in [4.78, 5) is 28.4. The van der Waals surface area contributed by atoms with Crippen molar-refractivity contribution in [1.29, 1.82) is 0 Å². The molecule has 8 heteroatoms. The second kappa shape index (κ2) is 10.8. The molecule has 1 amide bonds. The van der Waals surface area contributed by atoms with Gasteiger partial charge in [-0.15, -0.1) is 6.58 Å². The van der Waals surface area contributed by atoms with Gasteiger partial charge in [-0.1, -0.05) is 42.5 Å². The normalized spacial score (nSPS) is 10.7. The molecule has 0 saturated heterocycles. The lowest BCUT2D eigenvalue weighted by Gasteiger charge is -2.13. The SMILES string of the molecule is C=CCn1c(=S)[nH]c2cc(C(=O)NCc3ccc(OCc4ccccc4)c(OC)c3)ccc2c1=O. The quantitative estimate of drug-likeness (QED) is 0.263. The molecule has 4 rings (SSSR count). The number of H-pyrrole nitrogens is 1. The van der Waals surface area contributed by atoms with E-state index in [9.17, 15) is 9.59 Å². The average molecular weight is 488 g/mol. The number of aromatic nitrogens is 2. The van der Waals surface area contributed by atoms with E-state index in [0.29, 0.717) is 47.7 Å². The number of hydrogen-bond donors (Lipinski definition) is 2. The smallest absolute Gasteiger partial charge is 0.262 e. The maximum absolute atomic E-state index is 12.8. The van der Waals surface area contributed by atoms with Crippen molar-refractivity contribution < 1.29 is 14.3 Å². The van der Waals surface area contributed by atoms with Crippen molar-refractivity contribution in [2.75, 3.05) is 7.11 Å². The first kappa shape index (κ1) is 24.0. The number of carbonyl (C=O) groups excluding carboxylic acids is 1. The van der Waals surface area contributed by atoms with Crippen molar-refractivity contribution in [3.63, 3.8) is 0 Å². The Hall–Kier alpha value is -4.17. The van der Waals surface area contributed by atoms with E-state index in [4.69, 9.17) is 21.7 Å². The molecule has 35 heavy (non-hydrogen) atoms. The van der Waals surface area contributed by atoms with Crippen LogP contribution in [0.3, 0.4) is 0 Å². The summed E-state index contributed by atoms with van der Waals surface area (Å²) < 4.78 is 13.1. The van der Waals surface area contributed by atoms with Gasteiger partial charge in [0.05, 0.1) is 18.0 Å². The monoisotopic (exact) mass is 487 g/mol. The lowest BCUT2D eigenvalue weighted by atomic mass is 10.1. The second-order valence-electron chi connectivity index (χ2n) is 7.84. The predicted molar refractivity (Wildman–Crippen MR) is 139 cm³/mol. The van der Waals surface area contributed by atoms with E-state index in [0.717, 1.165) is 11.1 Å². The van der Waals surface area contributed by atoms with Crippen LogP contribution in [0.4, 0.5) is 0 Å². The topological polar surface area (TPSA) is 85.3 Å². The second-order valence-corrected chi connectivity index (χ2v) is 8.22. The molecule has 0 fully saturated rings. The van der Waals surface area contributed by atoms with Gasteiger partial charge in [-0.2, -0.15) is 0 Å². The molecule has 0 bridgehead atoms. The third kappa shape index (κ3) is 5.50. The number of fused-ring (bicyclic) bond motifs is 1. The number of nitrogens with one attached hydrogen (secondary N) is 2. The van der Waals surface area contributed by atoms with Gasteiger partial charge in [0.15, 0.2) is 16.3 Å². The minimum absolute atomic E-state index is 0.225. The van der Waals surface area contributed by atoms with Crippen LogP contribution in [0.2, 0.25) is 0 Å². The zero-order chi connectivity index (χ0) is 24.8. The average Bonchev–Trinajstić information content (AvgIpc) is 2.88.